The third-order valence-electron chi connectivity index (χ3n) is 3.51. The Kier molecular flexibility index (Phi) is 4.54. The molecule has 0 bridgehead atoms. The molecule has 1 aromatic carbocycles. The van der Waals surface area contributed by atoms with E-state index in [1.54, 1.807) is 0 Å². The maximum Gasteiger partial charge on any atom is 0.0584 e. The molecular weight excluding hydrogens is 212 g/mol. The van der Waals surface area contributed by atoms with Crippen LogP contribution in [0.15, 0.2) is 24.3 Å². The lowest BCUT2D eigenvalue weighted by atomic mass is 9.98. The van der Waals surface area contributed by atoms with E-state index >= 15 is 0 Å². The Balaban J connectivity index is 2.16. The maximum atomic E-state index is 9.30. The van der Waals surface area contributed by atoms with Gasteiger partial charge in [0.2, 0.25) is 0 Å². The highest BCUT2D eigenvalue weighted by atomic mass is 16.3. The smallest absolute Gasteiger partial charge is 0.0584 e. The highest BCUT2D eigenvalue weighted by molar-refractivity contribution is 5.31. The zero-order chi connectivity index (χ0) is 12.1. The summed E-state index contributed by atoms with van der Waals surface area (Å²) in [5.74, 6) is 0. The topological polar surface area (TPSA) is 44.3 Å². The van der Waals surface area contributed by atoms with Gasteiger partial charge in [0, 0.05) is 18.6 Å². The zero-order valence-corrected chi connectivity index (χ0v) is 10.4. The van der Waals surface area contributed by atoms with Gasteiger partial charge in [0.15, 0.2) is 0 Å². The van der Waals surface area contributed by atoms with Crippen molar-refractivity contribution in [1.29, 1.82) is 0 Å². The summed E-state index contributed by atoms with van der Waals surface area (Å²) in [6.07, 6.45) is 2.04. The summed E-state index contributed by atoms with van der Waals surface area (Å²) in [5, 5.41) is 16.3. The van der Waals surface area contributed by atoms with Crippen molar-refractivity contribution < 1.29 is 5.11 Å². The minimum Gasteiger partial charge on any atom is -0.395 e. The summed E-state index contributed by atoms with van der Waals surface area (Å²) in [5.41, 5.74) is 2.75. The summed E-state index contributed by atoms with van der Waals surface area (Å²) in [6, 6.07) is 9.13. The number of benzene rings is 1. The molecule has 1 aliphatic heterocycles. The number of hydrogen-bond donors (Lipinski definition) is 3. The van der Waals surface area contributed by atoms with Gasteiger partial charge in [-0.3, -0.25) is 0 Å². The molecule has 17 heavy (non-hydrogen) atoms. The summed E-state index contributed by atoms with van der Waals surface area (Å²) in [4.78, 5) is 0. The number of fused-ring (bicyclic) bond motifs is 1. The van der Waals surface area contributed by atoms with Crippen LogP contribution in [0.4, 0.5) is 0 Å². The minimum absolute atomic E-state index is 0.200. The first-order chi connectivity index (χ1) is 8.35. The quantitative estimate of drug-likeness (QED) is 0.741. The van der Waals surface area contributed by atoms with Crippen LogP contribution in [0.5, 0.6) is 0 Å². The molecule has 0 saturated heterocycles. The molecular formula is C14H22N2O. The van der Waals surface area contributed by atoms with Crippen LogP contribution in [-0.4, -0.2) is 24.3 Å². The molecule has 0 aliphatic carbocycles. The molecule has 2 rings (SSSR count). The van der Waals surface area contributed by atoms with Gasteiger partial charge in [-0.1, -0.05) is 31.2 Å². The fourth-order valence-corrected chi connectivity index (χ4v) is 2.42. The van der Waals surface area contributed by atoms with E-state index in [0.717, 1.165) is 25.9 Å². The molecule has 2 atom stereocenters. The van der Waals surface area contributed by atoms with Gasteiger partial charge in [0.05, 0.1) is 6.61 Å². The van der Waals surface area contributed by atoms with Gasteiger partial charge in [-0.05, 0) is 30.5 Å². The Bertz CT molecular complexity index is 350. The summed E-state index contributed by atoms with van der Waals surface area (Å²) in [7, 11) is 0. The van der Waals surface area contributed by atoms with Crippen LogP contribution >= 0.6 is 0 Å². The number of nitrogens with one attached hydrogen (secondary N) is 2. The van der Waals surface area contributed by atoms with Gasteiger partial charge in [0.1, 0.15) is 0 Å². The largest absolute Gasteiger partial charge is 0.395 e. The Morgan fingerprint density at radius 3 is 3.06 bits per heavy atom. The van der Waals surface area contributed by atoms with Gasteiger partial charge in [-0.25, -0.2) is 0 Å². The van der Waals surface area contributed by atoms with Gasteiger partial charge in [-0.2, -0.15) is 0 Å². The van der Waals surface area contributed by atoms with E-state index in [-0.39, 0.29) is 12.6 Å². The summed E-state index contributed by atoms with van der Waals surface area (Å²) < 4.78 is 0. The molecule has 0 saturated carbocycles. The first kappa shape index (κ1) is 12.6. The molecule has 0 aromatic heterocycles. The summed E-state index contributed by atoms with van der Waals surface area (Å²) >= 11 is 0. The monoisotopic (exact) mass is 234 g/mol. The number of rotatable bonds is 4. The lowest BCUT2D eigenvalue weighted by molar-refractivity contribution is 0.226. The van der Waals surface area contributed by atoms with Crippen molar-refractivity contribution in [2.45, 2.75) is 38.4 Å². The molecule has 0 fully saturated rings. The maximum absolute atomic E-state index is 9.30. The average molecular weight is 234 g/mol. The molecule has 0 amide bonds. The average Bonchev–Trinajstić information content (AvgIpc) is 2.58. The van der Waals surface area contributed by atoms with Crippen molar-refractivity contribution in [3.05, 3.63) is 35.4 Å². The fraction of sp³-hybridized carbons (Fsp3) is 0.571. The molecule has 3 nitrogen and oxygen atoms in total. The molecule has 1 heterocycles. The second-order valence-electron chi connectivity index (χ2n) is 4.67. The highest BCUT2D eigenvalue weighted by Gasteiger charge is 2.19. The van der Waals surface area contributed by atoms with Gasteiger partial charge in [-0.15, -0.1) is 0 Å². The van der Waals surface area contributed by atoms with E-state index in [1.807, 2.05) is 0 Å². The second-order valence-corrected chi connectivity index (χ2v) is 4.67. The zero-order valence-electron chi connectivity index (χ0n) is 10.4. The van der Waals surface area contributed by atoms with E-state index in [9.17, 15) is 5.11 Å². The summed E-state index contributed by atoms with van der Waals surface area (Å²) in [6.45, 7) is 4.29. The van der Waals surface area contributed by atoms with E-state index in [1.165, 1.54) is 11.1 Å². The van der Waals surface area contributed by atoms with Crippen LogP contribution in [0.2, 0.25) is 0 Å². The Hall–Kier alpha value is -0.900. The van der Waals surface area contributed by atoms with Crippen LogP contribution in [0.1, 0.15) is 36.9 Å². The fourth-order valence-electron chi connectivity index (χ4n) is 2.42. The first-order valence-electron chi connectivity index (χ1n) is 6.50. The predicted molar refractivity (Wildman–Crippen MR) is 69.8 cm³/mol. The van der Waals surface area contributed by atoms with Crippen LogP contribution < -0.4 is 10.6 Å². The predicted octanol–water partition coefficient (Wildman–Crippen LogP) is 1.58. The lowest BCUT2D eigenvalue weighted by Gasteiger charge is -2.24. The molecule has 0 radical (unpaired) electrons. The van der Waals surface area contributed by atoms with Crippen LogP contribution in [0.3, 0.4) is 0 Å². The first-order valence-corrected chi connectivity index (χ1v) is 6.50. The third-order valence-corrected chi connectivity index (χ3v) is 3.51. The van der Waals surface area contributed by atoms with Crippen molar-refractivity contribution in [1.82, 2.24) is 10.6 Å². The lowest BCUT2D eigenvalue weighted by Crippen LogP contribution is -2.35. The molecule has 3 heteroatoms. The van der Waals surface area contributed by atoms with Crippen molar-refractivity contribution in [3.8, 4) is 0 Å². The Labute approximate surface area is 103 Å². The minimum atomic E-state index is 0.200. The van der Waals surface area contributed by atoms with Gasteiger partial charge >= 0.3 is 0 Å². The molecule has 1 aliphatic rings. The van der Waals surface area contributed by atoms with Gasteiger partial charge < -0.3 is 15.7 Å². The Morgan fingerprint density at radius 1 is 1.47 bits per heavy atom. The van der Waals surface area contributed by atoms with E-state index in [0.29, 0.717) is 6.04 Å². The number of aliphatic hydroxyl groups is 1. The second kappa shape index (κ2) is 6.15. The highest BCUT2D eigenvalue weighted by Crippen LogP contribution is 2.24. The molecule has 0 spiro atoms. The van der Waals surface area contributed by atoms with Crippen molar-refractivity contribution in [3.63, 3.8) is 0 Å². The van der Waals surface area contributed by atoms with Gasteiger partial charge in [0.25, 0.3) is 0 Å². The SMILES string of the molecule is CC[C@@H](CO)NC1CCNCc2ccccc21. The van der Waals surface area contributed by atoms with E-state index in [2.05, 4.69) is 41.8 Å². The number of aliphatic hydroxyl groups excluding tert-OH is 1. The van der Waals surface area contributed by atoms with Crippen LogP contribution in [0, 0.1) is 0 Å². The van der Waals surface area contributed by atoms with Crippen molar-refractivity contribution in [2.24, 2.45) is 0 Å². The molecule has 94 valence electrons. The standard InChI is InChI=1S/C14H22N2O/c1-2-12(10-17)16-14-7-8-15-9-11-5-3-4-6-13(11)14/h3-6,12,14-17H,2,7-10H2,1H3/t12-,14?/m0/s1. The van der Waals surface area contributed by atoms with Crippen molar-refractivity contribution in [2.75, 3.05) is 13.2 Å². The normalized spacial score (nSPS) is 21.6. The molecule has 1 unspecified atom stereocenters. The molecule has 1 aromatic rings. The third kappa shape index (κ3) is 3.06. The van der Waals surface area contributed by atoms with Crippen LogP contribution in [-0.2, 0) is 6.54 Å². The van der Waals surface area contributed by atoms with Crippen molar-refractivity contribution >= 4 is 0 Å². The van der Waals surface area contributed by atoms with Crippen LogP contribution in [0.25, 0.3) is 0 Å². The molecule has 3 N–H and O–H groups in total. The van der Waals surface area contributed by atoms with E-state index in [4.69, 9.17) is 0 Å². The van der Waals surface area contributed by atoms with E-state index < -0.39 is 0 Å². The Morgan fingerprint density at radius 2 is 2.29 bits per heavy atom. The number of hydrogen-bond acceptors (Lipinski definition) is 3.